The van der Waals surface area contributed by atoms with Crippen molar-refractivity contribution in [1.82, 2.24) is 0 Å². The van der Waals surface area contributed by atoms with E-state index in [9.17, 15) is 0 Å². The summed E-state index contributed by atoms with van der Waals surface area (Å²) >= 11 is 5.99. The van der Waals surface area contributed by atoms with Gasteiger partial charge in [0.15, 0.2) is 0 Å². The van der Waals surface area contributed by atoms with Crippen LogP contribution in [-0.2, 0) is 6.42 Å². The van der Waals surface area contributed by atoms with Crippen LogP contribution in [0.3, 0.4) is 0 Å². The van der Waals surface area contributed by atoms with Crippen molar-refractivity contribution >= 4 is 11.6 Å². The summed E-state index contributed by atoms with van der Waals surface area (Å²) in [5.41, 5.74) is 7.51. The molecule has 1 nitrogen and oxygen atoms in total. The van der Waals surface area contributed by atoms with Gasteiger partial charge in [0.1, 0.15) is 0 Å². The van der Waals surface area contributed by atoms with E-state index in [2.05, 4.69) is 19.9 Å². The molecular formula is C16H26ClN. The second-order valence-electron chi connectivity index (χ2n) is 5.25. The van der Waals surface area contributed by atoms with E-state index in [1.54, 1.807) is 0 Å². The molecule has 0 radical (unpaired) electrons. The Labute approximate surface area is 117 Å². The summed E-state index contributed by atoms with van der Waals surface area (Å²) in [7, 11) is 0. The van der Waals surface area contributed by atoms with Crippen LogP contribution < -0.4 is 5.73 Å². The summed E-state index contributed by atoms with van der Waals surface area (Å²) in [4.78, 5) is 0. The maximum Gasteiger partial charge on any atom is 0.0408 e. The van der Waals surface area contributed by atoms with Crippen molar-refractivity contribution in [2.45, 2.75) is 58.4 Å². The second-order valence-corrected chi connectivity index (χ2v) is 5.68. The van der Waals surface area contributed by atoms with E-state index in [4.69, 9.17) is 17.3 Å². The van der Waals surface area contributed by atoms with Gasteiger partial charge in [-0.25, -0.2) is 0 Å². The average Bonchev–Trinajstić information content (AvgIpc) is 2.34. The van der Waals surface area contributed by atoms with Gasteiger partial charge in [-0.3, -0.25) is 0 Å². The van der Waals surface area contributed by atoms with Crippen LogP contribution in [0.5, 0.6) is 0 Å². The zero-order valence-electron chi connectivity index (χ0n) is 11.7. The Balaban J connectivity index is 2.42. The fourth-order valence-electron chi connectivity index (χ4n) is 2.46. The van der Waals surface area contributed by atoms with Crippen molar-refractivity contribution in [2.75, 3.05) is 0 Å². The monoisotopic (exact) mass is 267 g/mol. The minimum absolute atomic E-state index is 0.255. The highest BCUT2D eigenvalue weighted by atomic mass is 35.5. The van der Waals surface area contributed by atoms with Gasteiger partial charge in [0.2, 0.25) is 0 Å². The molecule has 0 amide bonds. The van der Waals surface area contributed by atoms with Crippen molar-refractivity contribution < 1.29 is 0 Å². The van der Waals surface area contributed by atoms with Crippen LogP contribution in [0.25, 0.3) is 0 Å². The van der Waals surface area contributed by atoms with Crippen LogP contribution in [0.15, 0.2) is 24.3 Å². The van der Waals surface area contributed by atoms with E-state index in [1.165, 1.54) is 31.2 Å². The lowest BCUT2D eigenvalue weighted by Gasteiger charge is -2.19. The lowest BCUT2D eigenvalue weighted by molar-refractivity contribution is 0.383. The molecule has 0 heterocycles. The number of benzene rings is 1. The fraction of sp³-hybridized carbons (Fsp3) is 0.625. The molecule has 1 aromatic carbocycles. The molecule has 0 saturated heterocycles. The van der Waals surface area contributed by atoms with Crippen molar-refractivity contribution in [2.24, 2.45) is 11.7 Å². The number of halogens is 1. The molecule has 2 N–H and O–H groups in total. The smallest absolute Gasteiger partial charge is 0.0408 e. The van der Waals surface area contributed by atoms with Crippen molar-refractivity contribution in [1.29, 1.82) is 0 Å². The van der Waals surface area contributed by atoms with E-state index in [0.717, 1.165) is 23.8 Å². The summed E-state index contributed by atoms with van der Waals surface area (Å²) in [6, 6.07) is 8.30. The quantitative estimate of drug-likeness (QED) is 0.718. The Kier molecular flexibility index (Phi) is 7.38. The molecule has 2 atom stereocenters. The molecule has 2 heteroatoms. The third kappa shape index (κ3) is 5.88. The van der Waals surface area contributed by atoms with E-state index in [1.807, 2.05) is 18.2 Å². The molecule has 0 bridgehead atoms. The van der Waals surface area contributed by atoms with Gasteiger partial charge in [-0.2, -0.15) is 0 Å². The normalized spacial score (nSPS) is 14.4. The van der Waals surface area contributed by atoms with Crippen molar-refractivity contribution in [3.05, 3.63) is 34.9 Å². The molecule has 0 spiro atoms. The van der Waals surface area contributed by atoms with Crippen LogP contribution >= 0.6 is 11.6 Å². The molecule has 102 valence electrons. The molecule has 2 unspecified atom stereocenters. The maximum atomic E-state index is 6.26. The van der Waals surface area contributed by atoms with Gasteiger partial charge in [-0.1, -0.05) is 63.3 Å². The lowest BCUT2D eigenvalue weighted by atomic mass is 9.90. The summed E-state index contributed by atoms with van der Waals surface area (Å²) in [6.45, 7) is 4.52. The lowest BCUT2D eigenvalue weighted by Crippen LogP contribution is -2.26. The Bertz CT molecular complexity index is 338. The molecule has 1 rings (SSSR count). The van der Waals surface area contributed by atoms with E-state index in [0.29, 0.717) is 0 Å². The van der Waals surface area contributed by atoms with E-state index in [-0.39, 0.29) is 6.04 Å². The molecule has 0 aromatic heterocycles. The SMILES string of the molecule is CCCCC(CC)CC(N)Cc1cccc(Cl)c1. The Hall–Kier alpha value is -0.530. The van der Waals surface area contributed by atoms with Crippen molar-refractivity contribution in [3.8, 4) is 0 Å². The van der Waals surface area contributed by atoms with Gasteiger partial charge in [-0.15, -0.1) is 0 Å². The number of rotatable bonds is 8. The van der Waals surface area contributed by atoms with Crippen LogP contribution in [0.1, 0.15) is 51.5 Å². The third-order valence-electron chi connectivity index (χ3n) is 3.57. The van der Waals surface area contributed by atoms with Gasteiger partial charge in [-0.05, 0) is 36.5 Å². The molecule has 18 heavy (non-hydrogen) atoms. The topological polar surface area (TPSA) is 26.0 Å². The Morgan fingerprint density at radius 2 is 2.06 bits per heavy atom. The Morgan fingerprint density at radius 3 is 2.67 bits per heavy atom. The molecule has 1 aromatic rings. The number of hydrogen-bond acceptors (Lipinski definition) is 1. The first-order chi connectivity index (χ1) is 8.65. The van der Waals surface area contributed by atoms with Crippen molar-refractivity contribution in [3.63, 3.8) is 0 Å². The van der Waals surface area contributed by atoms with Gasteiger partial charge in [0.05, 0.1) is 0 Å². The summed E-state index contributed by atoms with van der Waals surface area (Å²) in [5, 5.41) is 0.803. The molecule has 0 aliphatic rings. The van der Waals surface area contributed by atoms with Crippen LogP contribution in [0.4, 0.5) is 0 Å². The standard InChI is InChI=1S/C16H26ClN/c1-3-5-7-13(4-2)11-16(18)12-14-8-6-9-15(17)10-14/h6,8-10,13,16H,3-5,7,11-12,18H2,1-2H3. The second kappa shape index (κ2) is 8.55. The fourth-order valence-corrected chi connectivity index (χ4v) is 2.67. The van der Waals surface area contributed by atoms with E-state index < -0.39 is 0 Å². The number of unbranched alkanes of at least 4 members (excludes halogenated alkanes) is 1. The highest BCUT2D eigenvalue weighted by Gasteiger charge is 2.12. The average molecular weight is 268 g/mol. The van der Waals surface area contributed by atoms with Crippen LogP contribution in [-0.4, -0.2) is 6.04 Å². The number of nitrogens with two attached hydrogens (primary N) is 1. The molecular weight excluding hydrogens is 242 g/mol. The highest BCUT2D eigenvalue weighted by molar-refractivity contribution is 6.30. The largest absolute Gasteiger partial charge is 0.327 e. The molecule has 0 saturated carbocycles. The van der Waals surface area contributed by atoms with Gasteiger partial charge < -0.3 is 5.73 Å². The maximum absolute atomic E-state index is 6.26. The Morgan fingerprint density at radius 1 is 1.28 bits per heavy atom. The minimum Gasteiger partial charge on any atom is -0.327 e. The first-order valence-corrected chi connectivity index (χ1v) is 7.53. The van der Waals surface area contributed by atoms with Crippen LogP contribution in [0, 0.1) is 5.92 Å². The minimum atomic E-state index is 0.255. The molecule has 0 aliphatic carbocycles. The summed E-state index contributed by atoms with van der Waals surface area (Å²) in [6.07, 6.45) is 7.22. The molecule has 0 fully saturated rings. The first-order valence-electron chi connectivity index (χ1n) is 7.15. The zero-order valence-corrected chi connectivity index (χ0v) is 12.4. The number of hydrogen-bond donors (Lipinski definition) is 1. The summed E-state index contributed by atoms with van der Waals surface area (Å²) in [5.74, 6) is 0.777. The zero-order chi connectivity index (χ0) is 13.4. The molecule has 0 aliphatic heterocycles. The van der Waals surface area contributed by atoms with Crippen LogP contribution in [0.2, 0.25) is 5.02 Å². The predicted octanol–water partition coefficient (Wildman–Crippen LogP) is 4.82. The highest BCUT2D eigenvalue weighted by Crippen LogP contribution is 2.20. The predicted molar refractivity (Wildman–Crippen MR) is 81.1 cm³/mol. The van der Waals surface area contributed by atoms with Gasteiger partial charge in [0, 0.05) is 11.1 Å². The first kappa shape index (κ1) is 15.5. The van der Waals surface area contributed by atoms with E-state index >= 15 is 0 Å². The third-order valence-corrected chi connectivity index (χ3v) is 3.80. The summed E-state index contributed by atoms with van der Waals surface area (Å²) < 4.78 is 0. The van der Waals surface area contributed by atoms with Gasteiger partial charge in [0.25, 0.3) is 0 Å². The van der Waals surface area contributed by atoms with Gasteiger partial charge >= 0.3 is 0 Å².